The molecule has 1 atom stereocenters. The van der Waals surface area contributed by atoms with Gasteiger partial charge in [-0.1, -0.05) is 11.6 Å². The first-order valence-electron chi connectivity index (χ1n) is 4.63. The van der Waals surface area contributed by atoms with Gasteiger partial charge in [0, 0.05) is 25.8 Å². The maximum absolute atomic E-state index is 13.4. The number of aromatic nitrogens is 1. The summed E-state index contributed by atoms with van der Waals surface area (Å²) in [5, 5.41) is 3.34. The number of hydrogen-bond acceptors (Lipinski definition) is 3. The van der Waals surface area contributed by atoms with Crippen LogP contribution in [0, 0.1) is 5.82 Å². The minimum absolute atomic E-state index is 0.0539. The summed E-state index contributed by atoms with van der Waals surface area (Å²) in [4.78, 5) is 3.95. The van der Waals surface area contributed by atoms with Crippen LogP contribution >= 0.6 is 11.6 Å². The highest BCUT2D eigenvalue weighted by Gasteiger charge is 2.11. The fourth-order valence-corrected chi connectivity index (χ4v) is 1.42. The summed E-state index contributed by atoms with van der Waals surface area (Å²) in [6.07, 6.45) is 1.92. The van der Waals surface area contributed by atoms with Crippen LogP contribution in [-0.2, 0) is 11.2 Å². The SMILES string of the molecule is CNC(COC)Cc1ncc(Cl)cc1F. The van der Waals surface area contributed by atoms with Crippen molar-refractivity contribution < 1.29 is 9.13 Å². The molecule has 0 saturated heterocycles. The number of likely N-dealkylation sites (N-methyl/N-ethyl adjacent to an activating group) is 1. The van der Waals surface area contributed by atoms with Crippen LogP contribution in [0.25, 0.3) is 0 Å². The summed E-state index contributed by atoms with van der Waals surface area (Å²) in [6, 6.07) is 1.32. The third-order valence-corrected chi connectivity index (χ3v) is 2.31. The van der Waals surface area contributed by atoms with E-state index in [9.17, 15) is 4.39 Å². The van der Waals surface area contributed by atoms with Gasteiger partial charge in [-0.15, -0.1) is 0 Å². The quantitative estimate of drug-likeness (QED) is 0.838. The van der Waals surface area contributed by atoms with E-state index < -0.39 is 0 Å². The smallest absolute Gasteiger partial charge is 0.146 e. The van der Waals surface area contributed by atoms with E-state index in [4.69, 9.17) is 16.3 Å². The Morgan fingerprint density at radius 2 is 2.40 bits per heavy atom. The molecule has 15 heavy (non-hydrogen) atoms. The molecule has 1 aromatic rings. The molecular weight excluding hydrogens is 219 g/mol. The Morgan fingerprint density at radius 1 is 1.67 bits per heavy atom. The van der Waals surface area contributed by atoms with Crippen molar-refractivity contribution in [1.82, 2.24) is 10.3 Å². The first-order chi connectivity index (χ1) is 7.17. The molecule has 0 spiro atoms. The van der Waals surface area contributed by atoms with E-state index in [2.05, 4.69) is 10.3 Å². The summed E-state index contributed by atoms with van der Waals surface area (Å²) in [5.74, 6) is -0.376. The van der Waals surface area contributed by atoms with Crippen molar-refractivity contribution in [2.45, 2.75) is 12.5 Å². The fraction of sp³-hybridized carbons (Fsp3) is 0.500. The molecular formula is C10H14ClFN2O. The van der Waals surface area contributed by atoms with Crippen LogP contribution in [0.2, 0.25) is 5.02 Å². The molecule has 0 fully saturated rings. The number of pyridine rings is 1. The lowest BCUT2D eigenvalue weighted by Gasteiger charge is -2.14. The van der Waals surface area contributed by atoms with Crippen LogP contribution < -0.4 is 5.32 Å². The number of ether oxygens (including phenoxy) is 1. The van der Waals surface area contributed by atoms with Gasteiger partial charge in [-0.2, -0.15) is 0 Å². The van der Waals surface area contributed by atoms with Crippen LogP contribution in [0.5, 0.6) is 0 Å². The Hall–Kier alpha value is -0.710. The minimum Gasteiger partial charge on any atom is -0.383 e. The maximum atomic E-state index is 13.4. The van der Waals surface area contributed by atoms with Crippen LogP contribution in [-0.4, -0.2) is 31.8 Å². The van der Waals surface area contributed by atoms with Crippen molar-refractivity contribution in [1.29, 1.82) is 0 Å². The summed E-state index contributed by atoms with van der Waals surface area (Å²) < 4.78 is 18.4. The normalized spacial score (nSPS) is 12.8. The Morgan fingerprint density at radius 3 is 2.93 bits per heavy atom. The molecule has 0 aromatic carbocycles. The summed E-state index contributed by atoms with van der Waals surface area (Å²) in [7, 11) is 3.41. The minimum atomic E-state index is -0.376. The molecule has 1 N–H and O–H groups in total. The average molecular weight is 233 g/mol. The second kappa shape index (κ2) is 6.00. The molecule has 0 aliphatic rings. The summed E-state index contributed by atoms with van der Waals surface area (Å²) in [6.45, 7) is 0.514. The average Bonchev–Trinajstić information content (AvgIpc) is 2.21. The van der Waals surface area contributed by atoms with E-state index in [1.807, 2.05) is 0 Å². The van der Waals surface area contributed by atoms with Gasteiger partial charge in [0.1, 0.15) is 5.82 Å². The van der Waals surface area contributed by atoms with E-state index in [-0.39, 0.29) is 11.9 Å². The zero-order valence-corrected chi connectivity index (χ0v) is 9.51. The van der Waals surface area contributed by atoms with Crippen molar-refractivity contribution in [3.05, 3.63) is 28.8 Å². The van der Waals surface area contributed by atoms with Gasteiger partial charge in [0.2, 0.25) is 0 Å². The van der Waals surface area contributed by atoms with Crippen LogP contribution in [0.1, 0.15) is 5.69 Å². The Kier molecular flexibility index (Phi) is 4.94. The number of nitrogens with zero attached hydrogens (tertiary/aromatic N) is 1. The maximum Gasteiger partial charge on any atom is 0.146 e. The molecule has 3 nitrogen and oxygen atoms in total. The highest BCUT2D eigenvalue weighted by Crippen LogP contribution is 2.13. The highest BCUT2D eigenvalue weighted by atomic mass is 35.5. The molecule has 0 saturated carbocycles. The predicted molar refractivity (Wildman–Crippen MR) is 57.6 cm³/mol. The molecule has 0 bridgehead atoms. The third kappa shape index (κ3) is 3.74. The van der Waals surface area contributed by atoms with Crippen LogP contribution in [0.3, 0.4) is 0 Å². The molecule has 0 aliphatic heterocycles. The Balaban J connectivity index is 2.70. The number of nitrogens with one attached hydrogen (secondary N) is 1. The van der Waals surface area contributed by atoms with Gasteiger partial charge >= 0.3 is 0 Å². The van der Waals surface area contributed by atoms with Crippen molar-refractivity contribution in [3.8, 4) is 0 Å². The monoisotopic (exact) mass is 232 g/mol. The topological polar surface area (TPSA) is 34.1 Å². The molecule has 5 heteroatoms. The molecule has 1 aromatic heterocycles. The van der Waals surface area contributed by atoms with Gasteiger partial charge in [0.25, 0.3) is 0 Å². The largest absolute Gasteiger partial charge is 0.383 e. The zero-order valence-electron chi connectivity index (χ0n) is 8.76. The van der Waals surface area contributed by atoms with E-state index in [0.717, 1.165) is 0 Å². The number of rotatable bonds is 5. The van der Waals surface area contributed by atoms with Crippen molar-refractivity contribution in [3.63, 3.8) is 0 Å². The molecule has 0 aliphatic carbocycles. The van der Waals surface area contributed by atoms with Gasteiger partial charge in [-0.25, -0.2) is 4.39 Å². The molecule has 1 heterocycles. The van der Waals surface area contributed by atoms with E-state index in [1.165, 1.54) is 12.3 Å². The van der Waals surface area contributed by atoms with Gasteiger partial charge < -0.3 is 10.1 Å². The first-order valence-corrected chi connectivity index (χ1v) is 5.01. The molecule has 0 amide bonds. The number of hydrogen-bond donors (Lipinski definition) is 1. The molecule has 84 valence electrons. The molecule has 0 radical (unpaired) electrons. The lowest BCUT2D eigenvalue weighted by Crippen LogP contribution is -2.32. The fourth-order valence-electron chi connectivity index (χ4n) is 1.27. The summed E-state index contributed by atoms with van der Waals surface area (Å²) in [5.41, 5.74) is 0.399. The standard InChI is InChI=1S/C10H14ClFN2O/c1-13-8(6-15-2)4-10-9(12)3-7(11)5-14-10/h3,5,8,13H,4,6H2,1-2H3. The van der Waals surface area contributed by atoms with E-state index >= 15 is 0 Å². The van der Waals surface area contributed by atoms with Crippen LogP contribution in [0.15, 0.2) is 12.3 Å². The highest BCUT2D eigenvalue weighted by molar-refractivity contribution is 6.30. The second-order valence-electron chi connectivity index (χ2n) is 3.23. The van der Waals surface area contributed by atoms with Gasteiger partial charge in [-0.3, -0.25) is 4.98 Å². The Labute approximate surface area is 93.6 Å². The van der Waals surface area contributed by atoms with Crippen molar-refractivity contribution in [2.75, 3.05) is 20.8 Å². The lowest BCUT2D eigenvalue weighted by atomic mass is 10.1. The first kappa shape index (κ1) is 12.4. The molecule has 1 unspecified atom stereocenters. The van der Waals surface area contributed by atoms with Gasteiger partial charge in [0.15, 0.2) is 0 Å². The number of methoxy groups -OCH3 is 1. The second-order valence-corrected chi connectivity index (χ2v) is 3.66. The van der Waals surface area contributed by atoms with E-state index in [0.29, 0.717) is 23.7 Å². The van der Waals surface area contributed by atoms with Crippen LogP contribution in [0.4, 0.5) is 4.39 Å². The van der Waals surface area contributed by atoms with E-state index in [1.54, 1.807) is 14.2 Å². The lowest BCUT2D eigenvalue weighted by molar-refractivity contribution is 0.168. The molecule has 1 rings (SSSR count). The van der Waals surface area contributed by atoms with Gasteiger partial charge in [0.05, 0.1) is 17.3 Å². The van der Waals surface area contributed by atoms with Crippen molar-refractivity contribution >= 4 is 11.6 Å². The van der Waals surface area contributed by atoms with Crippen molar-refractivity contribution in [2.24, 2.45) is 0 Å². The number of halogens is 2. The Bertz CT molecular complexity index is 322. The third-order valence-electron chi connectivity index (χ3n) is 2.10. The zero-order chi connectivity index (χ0) is 11.3. The predicted octanol–water partition coefficient (Wildman–Crippen LogP) is 1.65. The van der Waals surface area contributed by atoms with Gasteiger partial charge in [-0.05, 0) is 13.1 Å². The summed E-state index contributed by atoms with van der Waals surface area (Å²) >= 11 is 5.61.